The second-order valence-electron chi connectivity index (χ2n) is 11.6. The van der Waals surface area contributed by atoms with Gasteiger partial charge in [-0.1, -0.05) is 98.3 Å². The first-order valence-electron chi connectivity index (χ1n) is 15.7. The Morgan fingerprint density at radius 2 is 1.45 bits per heavy atom. The number of aromatic nitrogens is 3. The number of hydrogen-bond donors (Lipinski definition) is 0. The Morgan fingerprint density at radius 1 is 0.810 bits per heavy atom. The summed E-state index contributed by atoms with van der Waals surface area (Å²) in [4.78, 5) is 29.7. The van der Waals surface area contributed by atoms with Crippen molar-refractivity contribution >= 4 is 23.6 Å². The molecule has 42 heavy (non-hydrogen) atoms. The first-order valence-corrected chi connectivity index (χ1v) is 16.7. The number of rotatable bonds is 14. The van der Waals surface area contributed by atoms with Crippen LogP contribution in [0.2, 0.25) is 0 Å². The molecule has 0 aliphatic carbocycles. The van der Waals surface area contributed by atoms with E-state index in [0.29, 0.717) is 32.5 Å². The summed E-state index contributed by atoms with van der Waals surface area (Å²) in [6.07, 6.45) is 8.98. The molecule has 8 heteroatoms. The second kappa shape index (κ2) is 15.9. The average Bonchev–Trinajstić information content (AvgIpc) is 3.41. The van der Waals surface area contributed by atoms with E-state index < -0.39 is 0 Å². The number of benzene rings is 2. The van der Waals surface area contributed by atoms with Gasteiger partial charge < -0.3 is 9.80 Å². The SMILES string of the molecule is CCCCCCCCC(=O)N1CCN(C(=O)CCCSc2nnc(-c3ccc(C)cc3)n2-c2ccc(C)cc2)CC1C. The summed E-state index contributed by atoms with van der Waals surface area (Å²) in [6, 6.07) is 16.8. The van der Waals surface area contributed by atoms with Crippen molar-refractivity contribution in [3.05, 3.63) is 59.7 Å². The molecule has 0 bridgehead atoms. The van der Waals surface area contributed by atoms with E-state index in [0.717, 1.165) is 47.2 Å². The molecule has 0 radical (unpaired) electrons. The van der Waals surface area contributed by atoms with Crippen LogP contribution in [0, 0.1) is 13.8 Å². The lowest BCUT2D eigenvalue weighted by Gasteiger charge is -2.40. The van der Waals surface area contributed by atoms with Crippen LogP contribution in [0.25, 0.3) is 17.1 Å². The summed E-state index contributed by atoms with van der Waals surface area (Å²) in [7, 11) is 0. The van der Waals surface area contributed by atoms with Crippen LogP contribution >= 0.6 is 11.8 Å². The molecule has 3 aromatic rings. The number of nitrogens with zero attached hydrogens (tertiary/aromatic N) is 5. The maximum absolute atomic E-state index is 13.0. The minimum atomic E-state index is 0.0675. The van der Waals surface area contributed by atoms with Crippen molar-refractivity contribution in [1.82, 2.24) is 24.6 Å². The van der Waals surface area contributed by atoms with Crippen LogP contribution in [-0.2, 0) is 9.59 Å². The number of piperazine rings is 1. The van der Waals surface area contributed by atoms with Gasteiger partial charge in [-0.2, -0.15) is 0 Å². The Bertz CT molecular complexity index is 1290. The van der Waals surface area contributed by atoms with Crippen LogP contribution < -0.4 is 0 Å². The van der Waals surface area contributed by atoms with Gasteiger partial charge in [0.2, 0.25) is 11.8 Å². The van der Waals surface area contributed by atoms with Crippen LogP contribution in [0.5, 0.6) is 0 Å². The van der Waals surface area contributed by atoms with Gasteiger partial charge in [-0.25, -0.2) is 0 Å². The summed E-state index contributed by atoms with van der Waals surface area (Å²) >= 11 is 1.64. The van der Waals surface area contributed by atoms with E-state index in [2.05, 4.69) is 91.0 Å². The first-order chi connectivity index (χ1) is 20.4. The fraction of sp³-hybridized carbons (Fsp3) is 0.529. The Kier molecular flexibility index (Phi) is 12.1. The summed E-state index contributed by atoms with van der Waals surface area (Å²) in [6.45, 7) is 10.3. The normalized spacial score (nSPS) is 15.3. The molecule has 1 aliphatic rings. The summed E-state index contributed by atoms with van der Waals surface area (Å²) < 4.78 is 2.11. The van der Waals surface area contributed by atoms with Crippen LogP contribution in [0.4, 0.5) is 0 Å². The fourth-order valence-corrected chi connectivity index (χ4v) is 6.37. The topological polar surface area (TPSA) is 71.3 Å². The Morgan fingerprint density at radius 3 is 2.14 bits per heavy atom. The van der Waals surface area contributed by atoms with E-state index in [9.17, 15) is 9.59 Å². The fourth-order valence-electron chi connectivity index (χ4n) is 5.48. The average molecular weight is 590 g/mol. The molecule has 1 unspecified atom stereocenters. The van der Waals surface area contributed by atoms with E-state index in [1.54, 1.807) is 11.8 Å². The quantitative estimate of drug-likeness (QED) is 0.147. The number of unbranched alkanes of at least 4 members (excludes halogenated alkanes) is 5. The molecular formula is C34H47N5O2S. The van der Waals surface area contributed by atoms with Gasteiger partial charge >= 0.3 is 0 Å². The van der Waals surface area contributed by atoms with Crippen molar-refractivity contribution < 1.29 is 9.59 Å². The van der Waals surface area contributed by atoms with Crippen molar-refractivity contribution in [2.75, 3.05) is 25.4 Å². The highest BCUT2D eigenvalue weighted by atomic mass is 32.2. The molecule has 2 aromatic carbocycles. The molecule has 4 rings (SSSR count). The predicted octanol–water partition coefficient (Wildman–Crippen LogP) is 7.23. The summed E-state index contributed by atoms with van der Waals surface area (Å²) in [5, 5.41) is 9.92. The lowest BCUT2D eigenvalue weighted by molar-refractivity contribution is -0.142. The van der Waals surface area contributed by atoms with E-state index in [1.165, 1.54) is 36.8 Å². The molecule has 0 N–H and O–H groups in total. The molecule has 0 spiro atoms. The third-order valence-electron chi connectivity index (χ3n) is 8.05. The lowest BCUT2D eigenvalue weighted by atomic mass is 10.1. The predicted molar refractivity (Wildman–Crippen MR) is 172 cm³/mol. The highest BCUT2D eigenvalue weighted by molar-refractivity contribution is 7.99. The third kappa shape index (κ3) is 8.69. The van der Waals surface area contributed by atoms with Gasteiger partial charge in [-0.15, -0.1) is 10.2 Å². The van der Waals surface area contributed by atoms with Gasteiger partial charge in [0.1, 0.15) is 0 Å². The molecular weight excluding hydrogens is 542 g/mol. The number of thioether (sulfide) groups is 1. The van der Waals surface area contributed by atoms with Crippen LogP contribution in [0.1, 0.15) is 82.8 Å². The number of aryl methyl sites for hydroxylation is 2. The zero-order valence-electron chi connectivity index (χ0n) is 25.8. The third-order valence-corrected chi connectivity index (χ3v) is 9.06. The summed E-state index contributed by atoms with van der Waals surface area (Å²) in [5.74, 6) is 2.00. The van der Waals surface area contributed by atoms with Crippen LogP contribution in [0.3, 0.4) is 0 Å². The molecule has 1 aliphatic heterocycles. The molecule has 1 aromatic heterocycles. The van der Waals surface area contributed by atoms with Crippen LogP contribution in [-0.4, -0.2) is 67.8 Å². The zero-order valence-corrected chi connectivity index (χ0v) is 26.7. The van der Waals surface area contributed by atoms with Crippen molar-refractivity contribution in [3.63, 3.8) is 0 Å². The maximum atomic E-state index is 13.0. The Balaban J connectivity index is 1.27. The minimum absolute atomic E-state index is 0.0675. The number of carbonyl (C=O) groups excluding carboxylic acids is 2. The molecule has 2 heterocycles. The maximum Gasteiger partial charge on any atom is 0.222 e. The molecule has 1 atom stereocenters. The van der Waals surface area contributed by atoms with E-state index >= 15 is 0 Å². The van der Waals surface area contributed by atoms with Crippen molar-refractivity contribution in [1.29, 1.82) is 0 Å². The smallest absolute Gasteiger partial charge is 0.222 e. The monoisotopic (exact) mass is 589 g/mol. The molecule has 0 saturated carbocycles. The minimum Gasteiger partial charge on any atom is -0.339 e. The van der Waals surface area contributed by atoms with Gasteiger partial charge in [0, 0.05) is 55.5 Å². The highest BCUT2D eigenvalue weighted by Gasteiger charge is 2.29. The second-order valence-corrected chi connectivity index (χ2v) is 12.7. The molecule has 1 fully saturated rings. The van der Waals surface area contributed by atoms with Crippen molar-refractivity contribution in [2.24, 2.45) is 0 Å². The molecule has 226 valence electrons. The highest BCUT2D eigenvalue weighted by Crippen LogP contribution is 2.29. The van der Waals surface area contributed by atoms with E-state index in [4.69, 9.17) is 0 Å². The van der Waals surface area contributed by atoms with Gasteiger partial charge in [0.15, 0.2) is 11.0 Å². The number of carbonyl (C=O) groups is 2. The number of hydrogen-bond acceptors (Lipinski definition) is 5. The van der Waals surface area contributed by atoms with Crippen molar-refractivity contribution in [3.8, 4) is 17.1 Å². The molecule has 2 amide bonds. The molecule has 1 saturated heterocycles. The van der Waals surface area contributed by atoms with Gasteiger partial charge in [0.05, 0.1) is 0 Å². The number of amides is 2. The van der Waals surface area contributed by atoms with Gasteiger partial charge in [-0.3, -0.25) is 14.2 Å². The standard InChI is InChI=1S/C34H47N5O2S/c1-5-6-7-8-9-10-12-32(41)38-23-22-37(25-28(38)4)31(40)13-11-24-42-34-36-35-33(29-18-14-26(2)15-19-29)39(34)30-20-16-27(3)17-21-30/h14-21,28H,5-13,22-25H2,1-4H3. The first kappa shape index (κ1) is 31.8. The van der Waals surface area contributed by atoms with E-state index in [1.807, 2.05) is 9.80 Å². The Hall–Kier alpha value is -3.13. The van der Waals surface area contributed by atoms with Crippen LogP contribution in [0.15, 0.2) is 53.7 Å². The van der Waals surface area contributed by atoms with E-state index in [-0.39, 0.29) is 17.9 Å². The van der Waals surface area contributed by atoms with Gasteiger partial charge in [-0.05, 0) is 45.7 Å². The lowest BCUT2D eigenvalue weighted by Crippen LogP contribution is -2.55. The Labute approximate surface area is 256 Å². The zero-order chi connectivity index (χ0) is 29.9. The molecule has 7 nitrogen and oxygen atoms in total. The van der Waals surface area contributed by atoms with Crippen molar-refractivity contribution in [2.45, 2.75) is 96.7 Å². The van der Waals surface area contributed by atoms with Gasteiger partial charge in [0.25, 0.3) is 0 Å². The largest absolute Gasteiger partial charge is 0.339 e. The summed E-state index contributed by atoms with van der Waals surface area (Å²) in [5.41, 5.74) is 4.45.